The van der Waals surface area contributed by atoms with Gasteiger partial charge in [-0.25, -0.2) is 0 Å². The van der Waals surface area contributed by atoms with Crippen LogP contribution in [0.25, 0.3) is 0 Å². The van der Waals surface area contributed by atoms with Crippen LogP contribution in [0.15, 0.2) is 84.9 Å². The van der Waals surface area contributed by atoms with Gasteiger partial charge in [-0.1, -0.05) is 72.8 Å². The van der Waals surface area contributed by atoms with Gasteiger partial charge in [0.05, 0.1) is 13.2 Å². The first-order valence-corrected chi connectivity index (χ1v) is 10.0. The van der Waals surface area contributed by atoms with Crippen LogP contribution in [0, 0.1) is 0 Å². The molecule has 3 aromatic rings. The van der Waals surface area contributed by atoms with Gasteiger partial charge in [0.25, 0.3) is 0 Å². The quantitative estimate of drug-likeness (QED) is 0.607. The summed E-state index contributed by atoms with van der Waals surface area (Å²) in [7, 11) is 0. The number of fused-ring (bicyclic) bond motifs is 1. The van der Waals surface area contributed by atoms with Crippen LogP contribution in [0.1, 0.15) is 22.8 Å². The molecule has 1 atom stereocenters. The molecule has 28 heavy (non-hydrogen) atoms. The second-order valence-corrected chi connectivity index (χ2v) is 7.36. The molecule has 1 aliphatic heterocycles. The minimum Gasteiger partial charge on any atom is -0.371 e. The molecule has 0 aromatic heterocycles. The zero-order valence-electron chi connectivity index (χ0n) is 15.8. The van der Waals surface area contributed by atoms with Crippen molar-refractivity contribution in [2.24, 2.45) is 0 Å². The molecule has 142 valence electrons. The van der Waals surface area contributed by atoms with Crippen LogP contribution >= 0.6 is 12.2 Å². The zero-order chi connectivity index (χ0) is 19.2. The highest BCUT2D eigenvalue weighted by Crippen LogP contribution is 2.28. The van der Waals surface area contributed by atoms with Crippen molar-refractivity contribution in [1.82, 2.24) is 4.90 Å². The molecular weight excluding hydrogens is 364 g/mol. The van der Waals surface area contributed by atoms with Crippen molar-refractivity contribution >= 4 is 23.0 Å². The number of nitrogens with zero attached hydrogens (tertiary/aromatic N) is 1. The maximum Gasteiger partial charge on any atom is 0.173 e. The van der Waals surface area contributed by atoms with Gasteiger partial charge >= 0.3 is 0 Å². The number of hydrogen-bond donors (Lipinski definition) is 1. The molecule has 3 aromatic carbocycles. The molecule has 0 saturated heterocycles. The van der Waals surface area contributed by atoms with Crippen molar-refractivity contribution in [3.05, 3.63) is 102 Å². The number of anilines is 1. The third-order valence-corrected chi connectivity index (χ3v) is 5.37. The molecule has 0 bridgehead atoms. The second kappa shape index (κ2) is 9.00. The number of rotatable bonds is 5. The molecule has 4 heteroatoms. The van der Waals surface area contributed by atoms with Gasteiger partial charge in [-0.15, -0.1) is 0 Å². The van der Waals surface area contributed by atoms with Gasteiger partial charge in [-0.2, -0.15) is 0 Å². The van der Waals surface area contributed by atoms with Gasteiger partial charge in [0.1, 0.15) is 6.10 Å². The monoisotopic (exact) mass is 388 g/mol. The molecule has 1 aliphatic rings. The molecule has 0 spiro atoms. The molecule has 0 saturated carbocycles. The van der Waals surface area contributed by atoms with Crippen LogP contribution in [-0.4, -0.2) is 23.2 Å². The van der Waals surface area contributed by atoms with Gasteiger partial charge in [-0.05, 0) is 47.5 Å². The average Bonchev–Trinajstić information content (AvgIpc) is 2.75. The normalized spacial score (nSPS) is 15.5. The van der Waals surface area contributed by atoms with Crippen LogP contribution in [-0.2, 0) is 17.7 Å². The summed E-state index contributed by atoms with van der Waals surface area (Å²) in [5.74, 6) is 0. The minimum atomic E-state index is 0.0178. The van der Waals surface area contributed by atoms with Crippen LogP contribution in [0.4, 0.5) is 5.69 Å². The van der Waals surface area contributed by atoms with Crippen molar-refractivity contribution < 1.29 is 4.74 Å². The van der Waals surface area contributed by atoms with Crippen molar-refractivity contribution in [2.75, 3.05) is 18.5 Å². The molecule has 4 rings (SSSR count). The lowest BCUT2D eigenvalue weighted by Gasteiger charge is -2.33. The average molecular weight is 389 g/mol. The van der Waals surface area contributed by atoms with E-state index in [4.69, 9.17) is 17.0 Å². The Hall–Kier alpha value is -2.69. The zero-order valence-corrected chi connectivity index (χ0v) is 16.6. The fourth-order valence-electron chi connectivity index (χ4n) is 3.58. The Morgan fingerprint density at radius 3 is 2.39 bits per heavy atom. The fourth-order valence-corrected chi connectivity index (χ4v) is 3.83. The van der Waals surface area contributed by atoms with Gasteiger partial charge < -0.3 is 15.0 Å². The van der Waals surface area contributed by atoms with Crippen molar-refractivity contribution in [2.45, 2.75) is 19.1 Å². The first kappa shape index (κ1) is 18.7. The Morgan fingerprint density at radius 2 is 1.61 bits per heavy atom. The van der Waals surface area contributed by atoms with E-state index in [1.807, 2.05) is 36.4 Å². The summed E-state index contributed by atoms with van der Waals surface area (Å²) in [6.45, 7) is 2.20. The Morgan fingerprint density at radius 1 is 0.929 bits per heavy atom. The van der Waals surface area contributed by atoms with Crippen LogP contribution in [0.2, 0.25) is 0 Å². The highest BCUT2D eigenvalue weighted by Gasteiger charge is 2.24. The van der Waals surface area contributed by atoms with Gasteiger partial charge in [-0.3, -0.25) is 0 Å². The van der Waals surface area contributed by atoms with Gasteiger partial charge in [0, 0.05) is 12.2 Å². The molecule has 1 heterocycles. The minimum absolute atomic E-state index is 0.0178. The van der Waals surface area contributed by atoms with E-state index in [0.29, 0.717) is 11.7 Å². The van der Waals surface area contributed by atoms with Crippen LogP contribution < -0.4 is 5.32 Å². The summed E-state index contributed by atoms with van der Waals surface area (Å²) in [4.78, 5) is 2.20. The molecular formula is C24H24N2OS. The number of nitrogens with one attached hydrogen (secondary N) is 1. The SMILES string of the molecule is S=C(Nc1ccccc1)N(Cc1ccccc1)C[C@@H]1OCCc2ccccc21. The number of ether oxygens (including phenoxy) is 1. The number of para-hydroxylation sites is 1. The molecule has 0 radical (unpaired) electrons. The maximum absolute atomic E-state index is 6.14. The summed E-state index contributed by atoms with van der Waals surface area (Å²) in [6, 6.07) is 29.1. The van der Waals surface area contributed by atoms with E-state index < -0.39 is 0 Å². The van der Waals surface area contributed by atoms with Gasteiger partial charge in [0.2, 0.25) is 0 Å². The maximum atomic E-state index is 6.14. The van der Waals surface area contributed by atoms with E-state index in [1.165, 1.54) is 16.7 Å². The van der Waals surface area contributed by atoms with Crippen molar-refractivity contribution in [1.29, 1.82) is 0 Å². The Kier molecular flexibility index (Phi) is 6.00. The fraction of sp³-hybridized carbons (Fsp3) is 0.208. The topological polar surface area (TPSA) is 24.5 Å². The van der Waals surface area contributed by atoms with E-state index in [-0.39, 0.29) is 6.10 Å². The van der Waals surface area contributed by atoms with E-state index in [0.717, 1.165) is 25.3 Å². The predicted octanol–water partition coefficient (Wildman–Crippen LogP) is 5.20. The lowest BCUT2D eigenvalue weighted by molar-refractivity contribution is 0.0275. The van der Waals surface area contributed by atoms with Crippen LogP contribution in [0.5, 0.6) is 0 Å². The smallest absolute Gasteiger partial charge is 0.173 e. The summed E-state index contributed by atoms with van der Waals surface area (Å²) < 4.78 is 6.14. The first-order valence-electron chi connectivity index (χ1n) is 9.64. The van der Waals surface area contributed by atoms with E-state index in [9.17, 15) is 0 Å². The molecule has 0 fully saturated rings. The van der Waals surface area contributed by atoms with Crippen molar-refractivity contribution in [3.63, 3.8) is 0 Å². The lowest BCUT2D eigenvalue weighted by Crippen LogP contribution is -2.39. The highest BCUT2D eigenvalue weighted by atomic mass is 32.1. The van der Waals surface area contributed by atoms with Crippen molar-refractivity contribution in [3.8, 4) is 0 Å². The number of benzene rings is 3. The Balaban J connectivity index is 1.55. The third kappa shape index (κ3) is 4.58. The van der Waals surface area contributed by atoms with E-state index >= 15 is 0 Å². The molecule has 3 nitrogen and oxygen atoms in total. The largest absolute Gasteiger partial charge is 0.371 e. The molecule has 0 unspecified atom stereocenters. The second-order valence-electron chi connectivity index (χ2n) is 6.97. The lowest BCUT2D eigenvalue weighted by atomic mass is 9.97. The molecule has 1 N–H and O–H groups in total. The summed E-state index contributed by atoms with van der Waals surface area (Å²) >= 11 is 5.78. The first-order chi connectivity index (χ1) is 13.8. The van der Waals surface area contributed by atoms with E-state index in [2.05, 4.69) is 58.7 Å². The Bertz CT molecular complexity index is 914. The number of thiocarbonyl (C=S) groups is 1. The molecule has 0 aliphatic carbocycles. The summed E-state index contributed by atoms with van der Waals surface area (Å²) in [5.41, 5.74) is 4.87. The molecule has 0 amide bonds. The van der Waals surface area contributed by atoms with Gasteiger partial charge in [0.15, 0.2) is 5.11 Å². The summed E-state index contributed by atoms with van der Waals surface area (Å²) in [5, 5.41) is 4.09. The highest BCUT2D eigenvalue weighted by molar-refractivity contribution is 7.80. The van der Waals surface area contributed by atoms with Crippen LogP contribution in [0.3, 0.4) is 0 Å². The van der Waals surface area contributed by atoms with E-state index in [1.54, 1.807) is 0 Å². The summed E-state index contributed by atoms with van der Waals surface area (Å²) in [6.07, 6.45) is 0.988. The predicted molar refractivity (Wildman–Crippen MR) is 118 cm³/mol. The number of hydrogen-bond acceptors (Lipinski definition) is 2. The standard InChI is InChI=1S/C24H24N2OS/c28-24(25-21-12-5-2-6-13-21)26(17-19-9-3-1-4-10-19)18-23-22-14-8-7-11-20(22)15-16-27-23/h1-14,23H,15-18H2,(H,25,28)/t23-/m0/s1. The third-order valence-electron chi connectivity index (χ3n) is 5.01. The Labute approximate surface area is 172 Å².